The van der Waals surface area contributed by atoms with Gasteiger partial charge in [-0.25, -0.2) is 8.42 Å². The van der Waals surface area contributed by atoms with Gasteiger partial charge >= 0.3 is 5.97 Å². The zero-order valence-corrected chi connectivity index (χ0v) is 19.1. The number of rotatable bonds is 10. The highest BCUT2D eigenvalue weighted by Crippen LogP contribution is 2.19. The van der Waals surface area contributed by atoms with Crippen LogP contribution in [0.3, 0.4) is 0 Å². The van der Waals surface area contributed by atoms with Gasteiger partial charge in [-0.1, -0.05) is 47.6 Å². The predicted octanol–water partition coefficient (Wildman–Crippen LogP) is 0.710. The third-order valence-corrected chi connectivity index (χ3v) is 6.79. The Morgan fingerprint density at radius 2 is 1.91 bits per heavy atom. The molecule has 0 aromatic heterocycles. The van der Waals surface area contributed by atoms with Gasteiger partial charge in [0.2, 0.25) is 15.9 Å². The minimum Gasteiger partial charge on any atom is -0.480 e. The molecule has 12 heteroatoms. The number of amidine groups is 1. The van der Waals surface area contributed by atoms with Crippen LogP contribution < -0.4 is 15.8 Å². The molecular weight excluding hydrogens is 462 g/mol. The molecule has 0 spiro atoms. The first-order valence-corrected chi connectivity index (χ1v) is 11.8. The minimum absolute atomic E-state index is 0.0343. The fourth-order valence-electron chi connectivity index (χ4n) is 3.33. The quantitative estimate of drug-likeness (QED) is 0.241. The highest BCUT2D eigenvalue weighted by Gasteiger charge is 2.28. The molecule has 0 fully saturated rings. The van der Waals surface area contributed by atoms with E-state index in [2.05, 4.69) is 15.2 Å². The van der Waals surface area contributed by atoms with Gasteiger partial charge in [-0.15, -0.1) is 0 Å². The van der Waals surface area contributed by atoms with Crippen molar-refractivity contribution in [1.82, 2.24) is 10.0 Å². The average Bonchev–Trinajstić information content (AvgIpc) is 3.25. The zero-order chi connectivity index (χ0) is 24.9. The first-order chi connectivity index (χ1) is 16.1. The third kappa shape index (κ3) is 6.17. The van der Waals surface area contributed by atoms with Crippen LogP contribution in [0, 0.1) is 12.3 Å². The molecule has 0 saturated heterocycles. The second-order valence-corrected chi connectivity index (χ2v) is 9.43. The number of nitrogens with one attached hydrogen (secondary N) is 3. The number of carboxylic acid groups (broad SMARTS) is 1. The molecule has 0 unspecified atom stereocenters. The van der Waals surface area contributed by atoms with E-state index in [1.165, 1.54) is 12.1 Å². The maximum atomic E-state index is 12.6. The zero-order valence-electron chi connectivity index (χ0n) is 18.3. The van der Waals surface area contributed by atoms with Crippen LogP contribution in [0.5, 0.6) is 0 Å². The fraction of sp³-hybridized carbons (Fsp3) is 0.273. The summed E-state index contributed by atoms with van der Waals surface area (Å²) >= 11 is 0. The van der Waals surface area contributed by atoms with Crippen LogP contribution in [-0.2, 0) is 24.4 Å². The number of nitrogens with two attached hydrogens (primary N) is 1. The molecule has 0 saturated carbocycles. The normalized spacial score (nSPS) is 16.3. The third-order valence-electron chi connectivity index (χ3n) is 5.16. The van der Waals surface area contributed by atoms with Crippen LogP contribution in [0.4, 0.5) is 0 Å². The van der Waals surface area contributed by atoms with Crippen molar-refractivity contribution in [1.29, 1.82) is 5.41 Å². The minimum atomic E-state index is -4.10. The standard InChI is InChI=1S/C22H25N5O6S/c1-13-4-2-3-5-19(13)34(31,32)27-18(22(29)30)12-25-20(28)11-16-10-17(26-33-16)14-6-8-15(9-7-14)21(23)24/h2-9,16,18,27H,10-12H2,1H3,(H3,23,24)(H,25,28)(H,29,30)/t16-,18-/m0/s1. The number of oxime groups is 1. The van der Waals surface area contributed by atoms with Gasteiger partial charge in [0.1, 0.15) is 18.0 Å². The molecule has 1 heterocycles. The molecule has 3 rings (SSSR count). The molecule has 11 nitrogen and oxygen atoms in total. The summed E-state index contributed by atoms with van der Waals surface area (Å²) in [6, 6.07) is 11.5. The molecule has 1 amide bonds. The van der Waals surface area contributed by atoms with Gasteiger partial charge in [0.05, 0.1) is 17.0 Å². The lowest BCUT2D eigenvalue weighted by atomic mass is 10.0. The summed E-state index contributed by atoms with van der Waals surface area (Å²) in [5, 5.41) is 23.3. The molecular formula is C22H25N5O6S. The van der Waals surface area contributed by atoms with Crippen LogP contribution in [0.25, 0.3) is 0 Å². The van der Waals surface area contributed by atoms with Crippen molar-refractivity contribution < 1.29 is 28.0 Å². The summed E-state index contributed by atoms with van der Waals surface area (Å²) in [4.78, 5) is 29.2. The van der Waals surface area contributed by atoms with Crippen molar-refractivity contribution in [3.05, 3.63) is 65.2 Å². The second-order valence-electron chi connectivity index (χ2n) is 7.75. The largest absolute Gasteiger partial charge is 0.480 e. The second kappa shape index (κ2) is 10.4. The molecule has 34 heavy (non-hydrogen) atoms. The van der Waals surface area contributed by atoms with Crippen LogP contribution in [-0.4, -0.2) is 55.6 Å². The van der Waals surface area contributed by atoms with Gasteiger partial charge in [0.15, 0.2) is 0 Å². The van der Waals surface area contributed by atoms with E-state index in [4.69, 9.17) is 16.0 Å². The van der Waals surface area contributed by atoms with E-state index in [0.717, 1.165) is 5.56 Å². The predicted molar refractivity (Wildman–Crippen MR) is 124 cm³/mol. The highest BCUT2D eigenvalue weighted by molar-refractivity contribution is 7.89. The summed E-state index contributed by atoms with van der Waals surface area (Å²) in [7, 11) is -4.10. The fourth-order valence-corrected chi connectivity index (χ4v) is 4.77. The van der Waals surface area contributed by atoms with E-state index in [9.17, 15) is 23.1 Å². The number of nitrogens with zero attached hydrogens (tertiary/aromatic N) is 1. The van der Waals surface area contributed by atoms with Crippen LogP contribution in [0.15, 0.2) is 58.6 Å². The van der Waals surface area contributed by atoms with Crippen molar-refractivity contribution in [3.63, 3.8) is 0 Å². The van der Waals surface area contributed by atoms with Gasteiger partial charge in [-0.05, 0) is 24.1 Å². The summed E-state index contributed by atoms with van der Waals surface area (Å²) in [6.07, 6.45) is -0.278. The van der Waals surface area contributed by atoms with E-state index >= 15 is 0 Å². The van der Waals surface area contributed by atoms with Crippen molar-refractivity contribution >= 4 is 33.4 Å². The Balaban J connectivity index is 1.53. The first kappa shape index (κ1) is 24.9. The topological polar surface area (TPSA) is 184 Å². The Morgan fingerprint density at radius 3 is 2.53 bits per heavy atom. The van der Waals surface area contributed by atoms with Crippen molar-refractivity contribution in [2.24, 2.45) is 10.9 Å². The lowest BCUT2D eigenvalue weighted by Gasteiger charge is -2.17. The smallest absolute Gasteiger partial charge is 0.323 e. The molecule has 1 aliphatic heterocycles. The summed E-state index contributed by atoms with van der Waals surface area (Å²) < 4.78 is 27.3. The van der Waals surface area contributed by atoms with Crippen LogP contribution in [0.2, 0.25) is 0 Å². The van der Waals surface area contributed by atoms with Crippen LogP contribution in [0.1, 0.15) is 29.5 Å². The number of aryl methyl sites for hydroxylation is 1. The number of carboxylic acids is 1. The van der Waals surface area contributed by atoms with Gasteiger partial charge in [0.25, 0.3) is 0 Å². The van der Waals surface area contributed by atoms with Gasteiger partial charge in [-0.2, -0.15) is 4.72 Å². The molecule has 6 N–H and O–H groups in total. The molecule has 2 aromatic carbocycles. The summed E-state index contributed by atoms with van der Waals surface area (Å²) in [5.74, 6) is -1.98. The number of hydrogen-bond acceptors (Lipinski definition) is 7. The van der Waals surface area contributed by atoms with Crippen molar-refractivity contribution in [2.45, 2.75) is 36.8 Å². The van der Waals surface area contributed by atoms with Crippen LogP contribution >= 0.6 is 0 Å². The molecule has 0 radical (unpaired) electrons. The van der Waals surface area contributed by atoms with E-state index < -0.39 is 40.6 Å². The lowest BCUT2D eigenvalue weighted by molar-refractivity contribution is -0.138. The Labute approximate surface area is 196 Å². The molecule has 2 aromatic rings. The van der Waals surface area contributed by atoms with E-state index in [1.54, 1.807) is 43.3 Å². The molecule has 2 atom stereocenters. The van der Waals surface area contributed by atoms with E-state index in [0.29, 0.717) is 23.3 Å². The molecule has 0 aliphatic carbocycles. The molecule has 0 bridgehead atoms. The number of nitrogen functional groups attached to an aromatic ring is 1. The maximum absolute atomic E-state index is 12.6. The van der Waals surface area contributed by atoms with Gasteiger partial charge < -0.3 is 21.0 Å². The number of hydrogen-bond donors (Lipinski definition) is 5. The van der Waals surface area contributed by atoms with Crippen molar-refractivity contribution in [2.75, 3.05) is 6.54 Å². The Kier molecular flexibility index (Phi) is 7.64. The monoisotopic (exact) mass is 487 g/mol. The number of aliphatic carboxylic acids is 1. The highest BCUT2D eigenvalue weighted by atomic mass is 32.2. The first-order valence-electron chi connectivity index (χ1n) is 10.3. The summed E-state index contributed by atoms with van der Waals surface area (Å²) in [5.41, 5.74) is 7.88. The molecule has 180 valence electrons. The van der Waals surface area contributed by atoms with Gasteiger partial charge in [0, 0.05) is 18.5 Å². The van der Waals surface area contributed by atoms with E-state index in [-0.39, 0.29) is 17.2 Å². The van der Waals surface area contributed by atoms with Crippen molar-refractivity contribution in [3.8, 4) is 0 Å². The Bertz CT molecular complexity index is 1230. The average molecular weight is 488 g/mol. The number of carbonyl (C=O) groups is 2. The SMILES string of the molecule is Cc1ccccc1S(=O)(=O)N[C@@H](CNC(=O)C[C@@H]1CC(c2ccc(C(=N)N)cc2)=NO1)C(=O)O. The number of amides is 1. The molecule has 1 aliphatic rings. The number of benzene rings is 2. The number of sulfonamides is 1. The van der Waals surface area contributed by atoms with E-state index in [1.807, 2.05) is 0 Å². The Hall–Kier alpha value is -3.77. The lowest BCUT2D eigenvalue weighted by Crippen LogP contribution is -2.48. The summed E-state index contributed by atoms with van der Waals surface area (Å²) in [6.45, 7) is 1.16. The van der Waals surface area contributed by atoms with Gasteiger partial charge in [-0.3, -0.25) is 15.0 Å². The maximum Gasteiger partial charge on any atom is 0.323 e. The number of carbonyl (C=O) groups excluding carboxylic acids is 1. The Morgan fingerprint density at radius 1 is 1.24 bits per heavy atom.